The van der Waals surface area contributed by atoms with E-state index in [0.717, 1.165) is 27.9 Å². The van der Waals surface area contributed by atoms with Crippen molar-refractivity contribution in [3.05, 3.63) is 54.4 Å². The van der Waals surface area contributed by atoms with E-state index in [2.05, 4.69) is 40.3 Å². The molecule has 2 heterocycles. The van der Waals surface area contributed by atoms with Gasteiger partial charge in [0.2, 0.25) is 0 Å². The number of nitrogens with zero attached hydrogens (tertiary/aromatic N) is 1. The average Bonchev–Trinajstić information content (AvgIpc) is 2.99. The Labute approximate surface area is 109 Å². The molecule has 19 heavy (non-hydrogen) atoms. The number of aryl methyl sites for hydroxylation is 1. The fourth-order valence-corrected chi connectivity index (χ4v) is 2.44. The van der Waals surface area contributed by atoms with Crippen LogP contribution in [0.15, 0.2) is 52.9 Å². The summed E-state index contributed by atoms with van der Waals surface area (Å²) >= 11 is 0. The molecule has 0 aliphatic heterocycles. The minimum absolute atomic E-state index is 0.698. The van der Waals surface area contributed by atoms with Gasteiger partial charge in [-0.1, -0.05) is 18.2 Å². The average molecular weight is 248 g/mol. The summed E-state index contributed by atoms with van der Waals surface area (Å²) in [6.07, 6.45) is 0. The van der Waals surface area contributed by atoms with Crippen molar-refractivity contribution in [3.63, 3.8) is 0 Å². The van der Waals surface area contributed by atoms with Gasteiger partial charge >= 0.3 is 0 Å². The molecule has 0 radical (unpaired) electrons. The Morgan fingerprint density at radius 2 is 1.95 bits per heavy atom. The molecule has 0 atom stereocenters. The van der Waals surface area contributed by atoms with Crippen molar-refractivity contribution in [2.45, 2.75) is 6.92 Å². The molecule has 0 saturated carbocycles. The lowest BCUT2D eigenvalue weighted by Gasteiger charge is -1.96. The third-order valence-corrected chi connectivity index (χ3v) is 3.34. The van der Waals surface area contributed by atoms with Crippen LogP contribution in [-0.2, 0) is 0 Å². The summed E-state index contributed by atoms with van der Waals surface area (Å²) in [5.41, 5.74) is 5.10. The van der Waals surface area contributed by atoms with Crippen molar-refractivity contribution in [3.8, 4) is 11.3 Å². The molecule has 0 aliphatic rings. The molecule has 0 saturated heterocycles. The first kappa shape index (κ1) is 10.4. The number of H-pyrrole nitrogens is 1. The largest absolute Gasteiger partial charge is 0.441 e. The minimum atomic E-state index is 0.698. The lowest BCUT2D eigenvalue weighted by molar-refractivity contribution is 0.561. The highest BCUT2D eigenvalue weighted by Gasteiger charge is 2.07. The van der Waals surface area contributed by atoms with E-state index in [-0.39, 0.29) is 0 Å². The summed E-state index contributed by atoms with van der Waals surface area (Å²) in [4.78, 5) is 7.80. The number of para-hydroxylation sites is 1. The van der Waals surface area contributed by atoms with Crippen molar-refractivity contribution in [1.29, 1.82) is 0 Å². The van der Waals surface area contributed by atoms with E-state index in [4.69, 9.17) is 4.42 Å². The molecule has 2 aromatic carbocycles. The van der Waals surface area contributed by atoms with Crippen LogP contribution in [0.25, 0.3) is 33.3 Å². The summed E-state index contributed by atoms with van der Waals surface area (Å²) in [6.45, 7) is 1.86. The van der Waals surface area contributed by atoms with Crippen LogP contribution in [-0.4, -0.2) is 9.97 Å². The Balaban J connectivity index is 1.92. The third-order valence-electron chi connectivity index (χ3n) is 3.34. The van der Waals surface area contributed by atoms with Gasteiger partial charge in [-0.05, 0) is 30.3 Å². The number of hydrogen-bond acceptors (Lipinski definition) is 2. The zero-order chi connectivity index (χ0) is 12.8. The molecule has 1 N–H and O–H groups in total. The number of benzene rings is 2. The lowest BCUT2D eigenvalue weighted by Crippen LogP contribution is -1.77. The maximum atomic E-state index is 5.50. The van der Waals surface area contributed by atoms with Crippen molar-refractivity contribution in [1.82, 2.24) is 9.97 Å². The quantitative estimate of drug-likeness (QED) is 0.546. The maximum absolute atomic E-state index is 5.50. The van der Waals surface area contributed by atoms with Crippen LogP contribution in [0.5, 0.6) is 0 Å². The van der Waals surface area contributed by atoms with Crippen LogP contribution in [0.1, 0.15) is 5.89 Å². The lowest BCUT2D eigenvalue weighted by atomic mass is 10.1. The van der Waals surface area contributed by atoms with Crippen LogP contribution >= 0.6 is 0 Å². The molecule has 0 aliphatic carbocycles. The summed E-state index contributed by atoms with van der Waals surface area (Å²) in [6, 6.07) is 16.5. The normalized spacial score (nSPS) is 11.4. The standard InChI is InChI=1S/C16H12N2O/c1-10-17-15-9-12(6-7-16(15)19-10)14-8-11-4-2-3-5-13(11)18-14/h2-9,18H,1H3. The molecule has 4 rings (SSSR count). The second kappa shape index (κ2) is 3.72. The number of hydrogen-bond donors (Lipinski definition) is 1. The number of aromatic nitrogens is 2. The van der Waals surface area contributed by atoms with Crippen LogP contribution in [0, 0.1) is 6.92 Å². The maximum Gasteiger partial charge on any atom is 0.192 e. The highest BCUT2D eigenvalue weighted by Crippen LogP contribution is 2.27. The smallest absolute Gasteiger partial charge is 0.192 e. The summed E-state index contributed by atoms with van der Waals surface area (Å²) in [7, 11) is 0. The van der Waals surface area contributed by atoms with Gasteiger partial charge in [0, 0.05) is 29.1 Å². The van der Waals surface area contributed by atoms with Crippen LogP contribution in [0.4, 0.5) is 0 Å². The molecule has 3 nitrogen and oxygen atoms in total. The molecular formula is C16H12N2O. The van der Waals surface area contributed by atoms with Crippen LogP contribution in [0.3, 0.4) is 0 Å². The molecule has 4 aromatic rings. The van der Waals surface area contributed by atoms with Gasteiger partial charge in [0.1, 0.15) is 5.52 Å². The van der Waals surface area contributed by atoms with Gasteiger partial charge in [0.15, 0.2) is 11.5 Å². The molecule has 0 spiro atoms. The molecule has 0 amide bonds. The SMILES string of the molecule is Cc1nc2cc(-c3cc4ccccc4[nH]3)ccc2o1. The molecule has 0 bridgehead atoms. The number of fused-ring (bicyclic) bond motifs is 2. The van der Waals surface area contributed by atoms with Gasteiger partial charge in [-0.25, -0.2) is 4.98 Å². The summed E-state index contributed by atoms with van der Waals surface area (Å²) < 4.78 is 5.50. The van der Waals surface area contributed by atoms with Crippen LogP contribution < -0.4 is 0 Å². The van der Waals surface area contributed by atoms with E-state index in [0.29, 0.717) is 5.89 Å². The molecule has 0 unspecified atom stereocenters. The molecule has 92 valence electrons. The van der Waals surface area contributed by atoms with Crippen molar-refractivity contribution >= 4 is 22.0 Å². The second-order valence-electron chi connectivity index (χ2n) is 4.69. The van der Waals surface area contributed by atoms with Crippen molar-refractivity contribution < 1.29 is 4.42 Å². The van der Waals surface area contributed by atoms with E-state index >= 15 is 0 Å². The highest BCUT2D eigenvalue weighted by atomic mass is 16.3. The number of nitrogens with one attached hydrogen (secondary N) is 1. The van der Waals surface area contributed by atoms with E-state index in [1.165, 1.54) is 5.39 Å². The Kier molecular flexibility index (Phi) is 2.03. The first-order valence-corrected chi connectivity index (χ1v) is 6.25. The van der Waals surface area contributed by atoms with Gasteiger partial charge in [0.25, 0.3) is 0 Å². The third kappa shape index (κ3) is 1.63. The Hall–Kier alpha value is -2.55. The second-order valence-corrected chi connectivity index (χ2v) is 4.69. The molecule has 0 fully saturated rings. The van der Waals surface area contributed by atoms with E-state index in [9.17, 15) is 0 Å². The zero-order valence-electron chi connectivity index (χ0n) is 10.5. The van der Waals surface area contributed by atoms with Gasteiger partial charge in [0.05, 0.1) is 0 Å². The predicted molar refractivity (Wildman–Crippen MR) is 76.0 cm³/mol. The van der Waals surface area contributed by atoms with Crippen molar-refractivity contribution in [2.24, 2.45) is 0 Å². The minimum Gasteiger partial charge on any atom is -0.441 e. The summed E-state index contributed by atoms with van der Waals surface area (Å²) in [5, 5.41) is 1.22. The first-order valence-electron chi connectivity index (χ1n) is 6.25. The molecular weight excluding hydrogens is 236 g/mol. The van der Waals surface area contributed by atoms with Gasteiger partial charge in [-0.15, -0.1) is 0 Å². The highest BCUT2D eigenvalue weighted by molar-refractivity contribution is 5.88. The predicted octanol–water partition coefficient (Wildman–Crippen LogP) is 4.28. The topological polar surface area (TPSA) is 41.8 Å². The van der Waals surface area contributed by atoms with E-state index < -0.39 is 0 Å². The number of rotatable bonds is 1. The van der Waals surface area contributed by atoms with Gasteiger partial charge in [-0.2, -0.15) is 0 Å². The van der Waals surface area contributed by atoms with Crippen molar-refractivity contribution in [2.75, 3.05) is 0 Å². The van der Waals surface area contributed by atoms with Gasteiger partial charge < -0.3 is 9.40 Å². The first-order chi connectivity index (χ1) is 9.29. The van der Waals surface area contributed by atoms with E-state index in [1.807, 2.05) is 25.1 Å². The zero-order valence-corrected chi connectivity index (χ0v) is 10.5. The molecule has 3 heteroatoms. The monoisotopic (exact) mass is 248 g/mol. The molecule has 2 aromatic heterocycles. The van der Waals surface area contributed by atoms with E-state index in [1.54, 1.807) is 0 Å². The van der Waals surface area contributed by atoms with Crippen LogP contribution in [0.2, 0.25) is 0 Å². The Morgan fingerprint density at radius 3 is 2.84 bits per heavy atom. The Bertz CT molecular complexity index is 853. The number of oxazole rings is 1. The fraction of sp³-hybridized carbons (Fsp3) is 0.0625. The summed E-state index contributed by atoms with van der Waals surface area (Å²) in [5.74, 6) is 0.698. The Morgan fingerprint density at radius 1 is 1.05 bits per heavy atom. The van der Waals surface area contributed by atoms with Gasteiger partial charge in [-0.3, -0.25) is 0 Å². The number of aromatic amines is 1. The fourth-order valence-electron chi connectivity index (χ4n) is 2.44.